The Balaban J connectivity index is 1.66. The number of carbonyl (C=O) groups is 2. The molecule has 3 aliphatic carbocycles. The molecule has 0 spiro atoms. The summed E-state index contributed by atoms with van der Waals surface area (Å²) in [7, 11) is 1.65. The highest BCUT2D eigenvalue weighted by Crippen LogP contribution is 2.57. The van der Waals surface area contributed by atoms with E-state index in [1.54, 1.807) is 7.05 Å². The number of fused-ring (bicyclic) bond motifs is 1. The largest absolute Gasteiger partial charge is 0.357 e. The summed E-state index contributed by atoms with van der Waals surface area (Å²) in [6.45, 7) is 0. The van der Waals surface area contributed by atoms with Gasteiger partial charge in [-0.3, -0.25) is 9.59 Å². The van der Waals surface area contributed by atoms with Gasteiger partial charge in [-0.2, -0.15) is 0 Å². The molecule has 0 bridgehead atoms. The highest BCUT2D eigenvalue weighted by Gasteiger charge is 2.58. The van der Waals surface area contributed by atoms with Crippen LogP contribution in [-0.2, 0) is 9.59 Å². The van der Waals surface area contributed by atoms with Crippen molar-refractivity contribution >= 4 is 11.8 Å². The fourth-order valence-electron chi connectivity index (χ4n) is 4.16. The second-order valence-corrected chi connectivity index (χ2v) is 6.14. The van der Waals surface area contributed by atoms with Crippen molar-refractivity contribution in [1.82, 2.24) is 10.6 Å². The molecule has 0 aromatic rings. The fourth-order valence-corrected chi connectivity index (χ4v) is 4.16. The Morgan fingerprint density at radius 1 is 1.06 bits per heavy atom. The molecule has 100 valence electrons. The van der Waals surface area contributed by atoms with Crippen LogP contribution in [-0.4, -0.2) is 24.4 Å². The van der Waals surface area contributed by atoms with Crippen molar-refractivity contribution in [2.45, 2.75) is 50.5 Å². The first-order valence-corrected chi connectivity index (χ1v) is 7.22. The topological polar surface area (TPSA) is 58.2 Å². The van der Waals surface area contributed by atoms with E-state index < -0.39 is 5.54 Å². The molecule has 3 saturated carbocycles. The molecule has 1 unspecified atom stereocenters. The summed E-state index contributed by atoms with van der Waals surface area (Å²) in [5, 5.41) is 5.79. The number of amides is 2. The number of likely N-dealkylation sites (N-methyl/N-ethyl adjacent to an activating group) is 1. The minimum Gasteiger partial charge on any atom is -0.357 e. The molecule has 0 aromatic carbocycles. The number of hydrogen-bond acceptors (Lipinski definition) is 2. The maximum atomic E-state index is 12.3. The van der Waals surface area contributed by atoms with Gasteiger partial charge in [0.25, 0.3) is 0 Å². The lowest BCUT2D eigenvalue weighted by Gasteiger charge is -2.28. The van der Waals surface area contributed by atoms with E-state index in [9.17, 15) is 9.59 Å². The Kier molecular flexibility index (Phi) is 2.83. The summed E-state index contributed by atoms with van der Waals surface area (Å²) < 4.78 is 0. The van der Waals surface area contributed by atoms with Gasteiger partial charge in [-0.25, -0.2) is 0 Å². The number of hydrogen-bond donors (Lipinski definition) is 2. The lowest BCUT2D eigenvalue weighted by molar-refractivity contribution is -0.134. The maximum Gasteiger partial charge on any atom is 0.245 e. The van der Waals surface area contributed by atoms with Gasteiger partial charge in [-0.05, 0) is 37.5 Å². The van der Waals surface area contributed by atoms with Crippen LogP contribution in [0.1, 0.15) is 44.9 Å². The normalized spacial score (nSPS) is 35.9. The Morgan fingerprint density at radius 2 is 1.67 bits per heavy atom. The number of nitrogens with one attached hydrogen (secondary N) is 2. The average Bonchev–Trinajstić information content (AvgIpc) is 2.76. The quantitative estimate of drug-likeness (QED) is 0.791. The third kappa shape index (κ3) is 1.73. The smallest absolute Gasteiger partial charge is 0.245 e. The SMILES string of the molecule is CNC(=O)C1(NC(=O)C2[C@H]3CCC[C@@H]23)CCCC1. The molecule has 4 heteroatoms. The van der Waals surface area contributed by atoms with Crippen molar-refractivity contribution in [2.24, 2.45) is 17.8 Å². The van der Waals surface area contributed by atoms with Crippen molar-refractivity contribution < 1.29 is 9.59 Å². The molecule has 0 aliphatic heterocycles. The molecule has 3 rings (SSSR count). The molecule has 3 aliphatic rings. The van der Waals surface area contributed by atoms with Crippen molar-refractivity contribution in [2.75, 3.05) is 7.05 Å². The summed E-state index contributed by atoms with van der Waals surface area (Å²) in [4.78, 5) is 24.3. The van der Waals surface area contributed by atoms with E-state index in [0.29, 0.717) is 11.8 Å². The van der Waals surface area contributed by atoms with Gasteiger partial charge in [0.1, 0.15) is 5.54 Å². The zero-order chi connectivity index (χ0) is 12.8. The van der Waals surface area contributed by atoms with Crippen LogP contribution < -0.4 is 10.6 Å². The zero-order valence-electron chi connectivity index (χ0n) is 11.0. The molecule has 0 aromatic heterocycles. The van der Waals surface area contributed by atoms with Crippen LogP contribution in [0.5, 0.6) is 0 Å². The molecule has 2 N–H and O–H groups in total. The van der Waals surface area contributed by atoms with Crippen molar-refractivity contribution in [3.8, 4) is 0 Å². The fraction of sp³-hybridized carbons (Fsp3) is 0.857. The summed E-state index contributed by atoms with van der Waals surface area (Å²) in [5.41, 5.74) is -0.608. The van der Waals surface area contributed by atoms with E-state index in [0.717, 1.165) is 25.7 Å². The molecule has 0 saturated heterocycles. The van der Waals surface area contributed by atoms with Crippen molar-refractivity contribution in [3.63, 3.8) is 0 Å². The van der Waals surface area contributed by atoms with Crippen molar-refractivity contribution in [3.05, 3.63) is 0 Å². The van der Waals surface area contributed by atoms with Gasteiger partial charge in [-0.15, -0.1) is 0 Å². The predicted octanol–water partition coefficient (Wildman–Crippen LogP) is 1.21. The van der Waals surface area contributed by atoms with Gasteiger partial charge in [0.2, 0.25) is 11.8 Å². The highest BCUT2D eigenvalue weighted by atomic mass is 16.2. The first-order chi connectivity index (χ1) is 8.68. The van der Waals surface area contributed by atoms with E-state index in [2.05, 4.69) is 10.6 Å². The molecule has 0 radical (unpaired) electrons. The van der Waals surface area contributed by atoms with Crippen LogP contribution in [0.4, 0.5) is 0 Å². The van der Waals surface area contributed by atoms with Crippen LogP contribution in [0.2, 0.25) is 0 Å². The third-order valence-corrected chi connectivity index (χ3v) is 5.19. The molecular weight excluding hydrogens is 228 g/mol. The molecular formula is C14H22N2O2. The minimum atomic E-state index is -0.608. The van der Waals surface area contributed by atoms with Crippen LogP contribution in [0.15, 0.2) is 0 Å². The molecule has 2 amide bonds. The van der Waals surface area contributed by atoms with Gasteiger partial charge in [0.15, 0.2) is 0 Å². The molecule has 3 fully saturated rings. The van der Waals surface area contributed by atoms with E-state index in [-0.39, 0.29) is 17.7 Å². The number of rotatable bonds is 3. The van der Waals surface area contributed by atoms with Gasteiger partial charge in [0.05, 0.1) is 0 Å². The van der Waals surface area contributed by atoms with Crippen LogP contribution in [0.3, 0.4) is 0 Å². The Bertz CT molecular complexity index is 364. The Morgan fingerprint density at radius 3 is 2.22 bits per heavy atom. The lowest BCUT2D eigenvalue weighted by atomic mass is 9.95. The van der Waals surface area contributed by atoms with E-state index >= 15 is 0 Å². The zero-order valence-corrected chi connectivity index (χ0v) is 11.0. The predicted molar refractivity (Wildman–Crippen MR) is 67.7 cm³/mol. The third-order valence-electron chi connectivity index (χ3n) is 5.19. The summed E-state index contributed by atoms with van der Waals surface area (Å²) in [6.07, 6.45) is 7.34. The van der Waals surface area contributed by atoms with Crippen LogP contribution in [0.25, 0.3) is 0 Å². The molecule has 3 atom stereocenters. The first kappa shape index (κ1) is 12.0. The summed E-state index contributed by atoms with van der Waals surface area (Å²) in [5.74, 6) is 1.57. The van der Waals surface area contributed by atoms with Crippen molar-refractivity contribution in [1.29, 1.82) is 0 Å². The second kappa shape index (κ2) is 4.25. The van der Waals surface area contributed by atoms with Gasteiger partial charge in [-0.1, -0.05) is 19.3 Å². The maximum absolute atomic E-state index is 12.3. The minimum absolute atomic E-state index is 0.0147. The molecule has 18 heavy (non-hydrogen) atoms. The van der Waals surface area contributed by atoms with E-state index in [4.69, 9.17) is 0 Å². The van der Waals surface area contributed by atoms with Crippen LogP contribution in [0, 0.1) is 17.8 Å². The lowest BCUT2D eigenvalue weighted by Crippen LogP contribution is -2.57. The van der Waals surface area contributed by atoms with Gasteiger partial charge >= 0.3 is 0 Å². The Hall–Kier alpha value is -1.06. The summed E-state index contributed by atoms with van der Waals surface area (Å²) >= 11 is 0. The first-order valence-electron chi connectivity index (χ1n) is 7.22. The van der Waals surface area contributed by atoms with Crippen LogP contribution >= 0.6 is 0 Å². The number of carbonyl (C=O) groups excluding carboxylic acids is 2. The van der Waals surface area contributed by atoms with E-state index in [1.165, 1.54) is 19.3 Å². The van der Waals surface area contributed by atoms with E-state index in [1.807, 2.05) is 0 Å². The second-order valence-electron chi connectivity index (χ2n) is 6.14. The Labute approximate surface area is 108 Å². The summed E-state index contributed by atoms with van der Waals surface area (Å²) in [6, 6.07) is 0. The van der Waals surface area contributed by atoms with Gasteiger partial charge in [0, 0.05) is 13.0 Å². The standard InChI is InChI=1S/C14H22N2O2/c1-15-13(18)14(7-2-3-8-14)16-12(17)11-9-5-4-6-10(9)11/h9-11H,2-8H2,1H3,(H,15,18)(H,16,17)/t9-,10+,11?. The molecule has 4 nitrogen and oxygen atoms in total. The molecule has 0 heterocycles. The van der Waals surface area contributed by atoms with Gasteiger partial charge < -0.3 is 10.6 Å². The monoisotopic (exact) mass is 250 g/mol. The highest BCUT2D eigenvalue weighted by molar-refractivity contribution is 5.93. The average molecular weight is 250 g/mol.